The number of halogens is 1. The van der Waals surface area contributed by atoms with Crippen molar-refractivity contribution in [3.05, 3.63) is 41.8 Å². The van der Waals surface area contributed by atoms with Crippen LogP contribution in [-0.2, 0) is 4.74 Å². The minimum Gasteiger partial charge on any atom is -0.428 e. The van der Waals surface area contributed by atoms with Crippen molar-refractivity contribution in [3.63, 3.8) is 0 Å². The first-order valence-corrected chi connectivity index (χ1v) is 10.3. The largest absolute Gasteiger partial charge is 0.428 e. The fourth-order valence-corrected chi connectivity index (χ4v) is 3.88. The molecule has 168 valence electrons. The van der Waals surface area contributed by atoms with Gasteiger partial charge in [-0.3, -0.25) is 15.2 Å². The van der Waals surface area contributed by atoms with Gasteiger partial charge in [0, 0.05) is 31.3 Å². The zero-order chi connectivity index (χ0) is 23.0. The Morgan fingerprint density at radius 2 is 2.03 bits per heavy atom. The van der Waals surface area contributed by atoms with E-state index in [0.717, 1.165) is 0 Å². The lowest BCUT2D eigenvalue weighted by molar-refractivity contribution is 0.0198. The van der Waals surface area contributed by atoms with Crippen molar-refractivity contribution in [2.45, 2.75) is 44.0 Å². The van der Waals surface area contributed by atoms with Crippen LogP contribution in [0.15, 0.2) is 30.5 Å². The molecule has 32 heavy (non-hydrogen) atoms. The van der Waals surface area contributed by atoms with E-state index in [0.29, 0.717) is 31.5 Å². The van der Waals surface area contributed by atoms with Crippen molar-refractivity contribution in [2.24, 2.45) is 17.4 Å². The van der Waals surface area contributed by atoms with Gasteiger partial charge in [-0.2, -0.15) is 10.4 Å². The summed E-state index contributed by atoms with van der Waals surface area (Å²) in [4.78, 5) is 26.0. The summed E-state index contributed by atoms with van der Waals surface area (Å²) >= 11 is 0. The normalized spacial score (nSPS) is 23.8. The standard InChI is InChI=1S/C21H24FN7O3/c1-12-15(10-23)17(6-9-28(12)20(31)32-21(25)7-8-21)29-11-16(18(24)30)19(27-29)26-14-4-2-13(22)3-5-14/h2-5,11-12,15,17H,6-9,25H2,1H3,(H2,24,30)(H,26,27). The third-order valence-electron chi connectivity index (χ3n) is 5.95. The van der Waals surface area contributed by atoms with Crippen LogP contribution >= 0.6 is 0 Å². The second-order valence-corrected chi connectivity index (χ2v) is 8.25. The van der Waals surface area contributed by atoms with E-state index < -0.39 is 41.5 Å². The van der Waals surface area contributed by atoms with Gasteiger partial charge in [-0.25, -0.2) is 9.18 Å². The molecular weight excluding hydrogens is 417 g/mol. The predicted octanol–water partition coefficient (Wildman–Crippen LogP) is 2.23. The maximum atomic E-state index is 13.2. The van der Waals surface area contributed by atoms with E-state index in [4.69, 9.17) is 16.2 Å². The number of rotatable bonds is 5. The van der Waals surface area contributed by atoms with Gasteiger partial charge in [0.1, 0.15) is 11.4 Å². The number of nitrogens with two attached hydrogens (primary N) is 2. The Labute approximate surface area is 183 Å². The molecule has 5 N–H and O–H groups in total. The quantitative estimate of drug-likeness (QED) is 0.602. The minimum atomic E-state index is -0.894. The number of ether oxygens (including phenoxy) is 1. The molecule has 1 aromatic carbocycles. The molecule has 2 aliphatic rings. The molecule has 2 heterocycles. The second kappa shape index (κ2) is 8.12. The van der Waals surface area contributed by atoms with E-state index in [1.54, 1.807) is 6.92 Å². The molecule has 2 amide bonds. The van der Waals surface area contributed by atoms with Crippen molar-refractivity contribution in [2.75, 3.05) is 11.9 Å². The molecule has 1 saturated heterocycles. The molecule has 0 bridgehead atoms. The molecule has 1 aromatic heterocycles. The van der Waals surface area contributed by atoms with Crippen molar-refractivity contribution < 1.29 is 18.7 Å². The van der Waals surface area contributed by atoms with Crippen molar-refractivity contribution in [1.82, 2.24) is 14.7 Å². The zero-order valence-corrected chi connectivity index (χ0v) is 17.5. The lowest BCUT2D eigenvalue weighted by atomic mass is 9.87. The highest BCUT2D eigenvalue weighted by Crippen LogP contribution is 2.37. The lowest BCUT2D eigenvalue weighted by Gasteiger charge is -2.40. The summed E-state index contributed by atoms with van der Waals surface area (Å²) in [5.41, 5.74) is 11.2. The number of hydrogen-bond donors (Lipinski definition) is 3. The molecular formula is C21H24FN7O3. The van der Waals surface area contributed by atoms with Crippen LogP contribution in [0, 0.1) is 23.1 Å². The van der Waals surface area contributed by atoms with Gasteiger partial charge in [-0.05, 0) is 37.6 Å². The number of nitrogens with one attached hydrogen (secondary N) is 1. The van der Waals surface area contributed by atoms with Crippen LogP contribution in [0.4, 0.5) is 20.7 Å². The highest BCUT2D eigenvalue weighted by atomic mass is 19.1. The number of amides is 2. The van der Waals surface area contributed by atoms with Crippen LogP contribution in [0.25, 0.3) is 0 Å². The number of aromatic nitrogens is 2. The molecule has 3 unspecified atom stereocenters. The Morgan fingerprint density at radius 1 is 1.34 bits per heavy atom. The number of primary amides is 1. The van der Waals surface area contributed by atoms with Crippen LogP contribution in [0.1, 0.15) is 42.6 Å². The average Bonchev–Trinajstić information content (AvgIpc) is 3.31. The molecule has 10 nitrogen and oxygen atoms in total. The van der Waals surface area contributed by atoms with E-state index in [9.17, 15) is 19.2 Å². The van der Waals surface area contributed by atoms with Crippen molar-refractivity contribution >= 4 is 23.5 Å². The van der Waals surface area contributed by atoms with Crippen LogP contribution in [0.2, 0.25) is 0 Å². The van der Waals surface area contributed by atoms with Gasteiger partial charge in [0.15, 0.2) is 11.5 Å². The van der Waals surface area contributed by atoms with Crippen LogP contribution < -0.4 is 16.8 Å². The molecule has 0 radical (unpaired) electrons. The van der Waals surface area contributed by atoms with E-state index in [2.05, 4.69) is 16.5 Å². The highest BCUT2D eigenvalue weighted by Gasteiger charge is 2.46. The Balaban J connectivity index is 1.56. The average molecular weight is 441 g/mol. The zero-order valence-electron chi connectivity index (χ0n) is 17.5. The third kappa shape index (κ3) is 4.22. The smallest absolute Gasteiger partial charge is 0.411 e. The minimum absolute atomic E-state index is 0.138. The molecule has 11 heteroatoms. The monoisotopic (exact) mass is 441 g/mol. The van der Waals surface area contributed by atoms with Gasteiger partial charge in [0.05, 0.1) is 24.1 Å². The Kier molecular flexibility index (Phi) is 5.48. The molecule has 2 aromatic rings. The van der Waals surface area contributed by atoms with E-state index in [1.807, 2.05) is 0 Å². The van der Waals surface area contributed by atoms with E-state index in [-0.39, 0.29) is 11.4 Å². The summed E-state index contributed by atoms with van der Waals surface area (Å²) in [6, 6.07) is 6.98. The third-order valence-corrected chi connectivity index (χ3v) is 5.95. The first-order chi connectivity index (χ1) is 15.2. The lowest BCUT2D eigenvalue weighted by Crippen LogP contribution is -2.52. The summed E-state index contributed by atoms with van der Waals surface area (Å²) in [6.07, 6.45) is 2.62. The highest BCUT2D eigenvalue weighted by molar-refractivity contribution is 5.98. The summed E-state index contributed by atoms with van der Waals surface area (Å²) in [6.45, 7) is 2.11. The number of anilines is 2. The number of carbonyl (C=O) groups excluding carboxylic acids is 2. The number of piperidine rings is 1. The Bertz CT molecular complexity index is 1070. The van der Waals surface area contributed by atoms with Crippen molar-refractivity contribution in [1.29, 1.82) is 5.26 Å². The summed E-state index contributed by atoms with van der Waals surface area (Å²) in [5, 5.41) is 17.3. The number of likely N-dealkylation sites (tertiary alicyclic amines) is 1. The molecule has 1 aliphatic heterocycles. The molecule has 3 atom stereocenters. The predicted molar refractivity (Wildman–Crippen MR) is 112 cm³/mol. The summed E-state index contributed by atoms with van der Waals surface area (Å²) < 4.78 is 20.1. The van der Waals surface area contributed by atoms with E-state index in [1.165, 1.54) is 40.0 Å². The Morgan fingerprint density at radius 3 is 2.62 bits per heavy atom. The molecule has 1 aliphatic carbocycles. The second-order valence-electron chi connectivity index (χ2n) is 8.25. The Hall–Kier alpha value is -3.65. The van der Waals surface area contributed by atoms with Crippen LogP contribution in [-0.4, -0.2) is 45.0 Å². The number of carbonyl (C=O) groups is 2. The maximum absolute atomic E-state index is 13.2. The van der Waals surface area contributed by atoms with Gasteiger partial charge < -0.3 is 20.7 Å². The van der Waals surface area contributed by atoms with E-state index >= 15 is 0 Å². The van der Waals surface area contributed by atoms with Gasteiger partial charge >= 0.3 is 6.09 Å². The first kappa shape index (κ1) is 21.6. The molecule has 0 spiro atoms. The fourth-order valence-electron chi connectivity index (χ4n) is 3.88. The van der Waals surface area contributed by atoms with Gasteiger partial charge in [0.2, 0.25) is 0 Å². The van der Waals surface area contributed by atoms with Gasteiger partial charge in [0.25, 0.3) is 5.91 Å². The topological polar surface area (TPSA) is 152 Å². The van der Waals surface area contributed by atoms with Crippen LogP contribution in [0.5, 0.6) is 0 Å². The van der Waals surface area contributed by atoms with Gasteiger partial charge in [-0.1, -0.05) is 0 Å². The maximum Gasteiger partial charge on any atom is 0.411 e. The first-order valence-electron chi connectivity index (χ1n) is 10.3. The number of benzene rings is 1. The molecule has 2 fully saturated rings. The SMILES string of the molecule is CC1C(C#N)C(n2cc(C(N)=O)c(Nc3ccc(F)cc3)n2)CCN1C(=O)OC1(N)CC1. The summed E-state index contributed by atoms with van der Waals surface area (Å²) in [5.74, 6) is -1.49. The van der Waals surface area contributed by atoms with Crippen LogP contribution in [0.3, 0.4) is 0 Å². The number of nitriles is 1. The fraction of sp³-hybridized carbons (Fsp3) is 0.429. The summed E-state index contributed by atoms with van der Waals surface area (Å²) in [7, 11) is 0. The van der Waals surface area contributed by atoms with Crippen molar-refractivity contribution in [3.8, 4) is 6.07 Å². The molecule has 4 rings (SSSR count). The van der Waals surface area contributed by atoms with Gasteiger partial charge in [-0.15, -0.1) is 0 Å². The molecule has 1 saturated carbocycles. The number of nitrogens with zero attached hydrogens (tertiary/aromatic N) is 4. The number of hydrogen-bond acceptors (Lipinski definition) is 7.